The van der Waals surface area contributed by atoms with Gasteiger partial charge in [-0.05, 0) is 17.9 Å². The summed E-state index contributed by atoms with van der Waals surface area (Å²) in [7, 11) is 1.74. The normalized spacial score (nSPS) is 26.8. The van der Waals surface area contributed by atoms with Crippen LogP contribution in [0.3, 0.4) is 0 Å². The summed E-state index contributed by atoms with van der Waals surface area (Å²) in [5, 5.41) is 14.9. The first-order valence-corrected chi connectivity index (χ1v) is 5.27. The van der Waals surface area contributed by atoms with Gasteiger partial charge < -0.3 is 5.73 Å². The third kappa shape index (κ3) is 1.33. The number of nitrogens with two attached hydrogens (primary N) is 1. The van der Waals surface area contributed by atoms with Crippen molar-refractivity contribution in [3.05, 3.63) is 22.0 Å². The van der Waals surface area contributed by atoms with E-state index in [2.05, 4.69) is 18.9 Å². The first-order chi connectivity index (χ1) is 7.41. The van der Waals surface area contributed by atoms with Gasteiger partial charge in [-0.25, -0.2) is 0 Å². The van der Waals surface area contributed by atoms with Gasteiger partial charge in [0.1, 0.15) is 11.9 Å². The highest BCUT2D eigenvalue weighted by atomic mass is 16.6. The molecule has 1 heterocycles. The largest absolute Gasteiger partial charge is 0.330 e. The molecule has 88 valence electrons. The van der Waals surface area contributed by atoms with Gasteiger partial charge in [-0.2, -0.15) is 5.10 Å². The fraction of sp³-hybridized carbons (Fsp3) is 0.700. The smallest absolute Gasteiger partial charge is 0.310 e. The summed E-state index contributed by atoms with van der Waals surface area (Å²) in [5.41, 5.74) is 6.53. The van der Waals surface area contributed by atoms with Gasteiger partial charge in [0.15, 0.2) is 0 Å². The molecule has 0 unspecified atom stereocenters. The molecule has 0 amide bonds. The molecule has 2 rings (SSSR count). The average Bonchev–Trinajstić information content (AvgIpc) is 2.53. The molecule has 0 aromatic carbocycles. The molecule has 0 radical (unpaired) electrons. The Bertz CT molecular complexity index is 438. The van der Waals surface area contributed by atoms with E-state index in [-0.39, 0.29) is 21.9 Å². The third-order valence-electron chi connectivity index (χ3n) is 3.76. The van der Waals surface area contributed by atoms with E-state index in [0.29, 0.717) is 18.2 Å². The van der Waals surface area contributed by atoms with Crippen LogP contribution in [0.4, 0.5) is 5.69 Å². The Morgan fingerprint density at radius 1 is 1.69 bits per heavy atom. The SMILES string of the molecule is Cn1ncc([N+](=O)[O-])c1[C@@H]1[C@@H](CN)C1(C)C. The van der Waals surface area contributed by atoms with E-state index in [1.54, 1.807) is 11.7 Å². The van der Waals surface area contributed by atoms with Crippen molar-refractivity contribution in [1.29, 1.82) is 0 Å². The molecular formula is C10H16N4O2. The van der Waals surface area contributed by atoms with Crippen LogP contribution < -0.4 is 5.73 Å². The molecule has 1 aliphatic rings. The van der Waals surface area contributed by atoms with Crippen LogP contribution in [0.15, 0.2) is 6.20 Å². The summed E-state index contributed by atoms with van der Waals surface area (Å²) >= 11 is 0. The molecule has 0 bridgehead atoms. The van der Waals surface area contributed by atoms with E-state index in [1.165, 1.54) is 6.20 Å². The first kappa shape index (κ1) is 11.1. The van der Waals surface area contributed by atoms with Gasteiger partial charge in [0.05, 0.1) is 4.92 Å². The van der Waals surface area contributed by atoms with Crippen molar-refractivity contribution in [3.63, 3.8) is 0 Å². The number of aryl methyl sites for hydroxylation is 1. The van der Waals surface area contributed by atoms with Crippen molar-refractivity contribution in [2.24, 2.45) is 24.1 Å². The van der Waals surface area contributed by atoms with Gasteiger partial charge in [-0.1, -0.05) is 13.8 Å². The van der Waals surface area contributed by atoms with Crippen LogP contribution in [0.25, 0.3) is 0 Å². The predicted molar refractivity (Wildman–Crippen MR) is 58.9 cm³/mol. The van der Waals surface area contributed by atoms with E-state index in [9.17, 15) is 10.1 Å². The Morgan fingerprint density at radius 2 is 2.31 bits per heavy atom. The van der Waals surface area contributed by atoms with Crippen LogP contribution in [0.5, 0.6) is 0 Å². The fourth-order valence-electron chi connectivity index (χ4n) is 2.66. The number of rotatable bonds is 3. The van der Waals surface area contributed by atoms with E-state index in [1.807, 2.05) is 0 Å². The van der Waals surface area contributed by atoms with Crippen LogP contribution in [0, 0.1) is 21.4 Å². The molecule has 1 aromatic rings. The molecule has 1 aromatic heterocycles. The standard InChI is InChI=1S/C10H16N4O2/c1-10(2)6(4-11)8(10)9-7(14(15)16)5-12-13(9)3/h5-6,8H,4,11H2,1-3H3/t6-,8+/m1/s1. The van der Waals surface area contributed by atoms with E-state index in [0.717, 1.165) is 0 Å². The second kappa shape index (κ2) is 3.28. The average molecular weight is 224 g/mol. The van der Waals surface area contributed by atoms with Crippen molar-refractivity contribution in [2.45, 2.75) is 19.8 Å². The van der Waals surface area contributed by atoms with E-state index >= 15 is 0 Å². The van der Waals surface area contributed by atoms with Crippen molar-refractivity contribution in [2.75, 3.05) is 6.54 Å². The molecule has 0 saturated heterocycles. The zero-order valence-electron chi connectivity index (χ0n) is 9.67. The highest BCUT2D eigenvalue weighted by Crippen LogP contribution is 2.64. The van der Waals surface area contributed by atoms with Gasteiger partial charge in [-0.15, -0.1) is 0 Å². The molecule has 0 spiro atoms. The lowest BCUT2D eigenvalue weighted by molar-refractivity contribution is -0.385. The molecule has 1 aliphatic carbocycles. The topological polar surface area (TPSA) is 87.0 Å². The summed E-state index contributed by atoms with van der Waals surface area (Å²) in [6.45, 7) is 4.73. The first-order valence-electron chi connectivity index (χ1n) is 5.27. The maximum absolute atomic E-state index is 10.9. The van der Waals surface area contributed by atoms with Crippen molar-refractivity contribution >= 4 is 5.69 Å². The zero-order chi connectivity index (χ0) is 12.1. The lowest BCUT2D eigenvalue weighted by Crippen LogP contribution is -2.06. The lowest BCUT2D eigenvalue weighted by atomic mass is 10.1. The van der Waals surface area contributed by atoms with Crippen LogP contribution >= 0.6 is 0 Å². The minimum absolute atomic E-state index is 0.0350. The molecule has 2 atom stereocenters. The maximum atomic E-state index is 10.9. The highest BCUT2D eigenvalue weighted by Gasteiger charge is 2.60. The number of hydrogen-bond acceptors (Lipinski definition) is 4. The zero-order valence-corrected chi connectivity index (χ0v) is 9.67. The van der Waals surface area contributed by atoms with E-state index in [4.69, 9.17) is 5.73 Å². The van der Waals surface area contributed by atoms with Crippen LogP contribution in [0.1, 0.15) is 25.5 Å². The molecular weight excluding hydrogens is 208 g/mol. The second-order valence-electron chi connectivity index (χ2n) is 4.94. The quantitative estimate of drug-likeness (QED) is 0.613. The number of nitrogens with zero attached hydrogens (tertiary/aromatic N) is 3. The minimum Gasteiger partial charge on any atom is -0.330 e. The molecule has 1 saturated carbocycles. The van der Waals surface area contributed by atoms with Crippen LogP contribution in [-0.2, 0) is 7.05 Å². The highest BCUT2D eigenvalue weighted by molar-refractivity contribution is 5.42. The van der Waals surface area contributed by atoms with Gasteiger partial charge in [0, 0.05) is 13.0 Å². The maximum Gasteiger partial charge on any atom is 0.310 e. The fourth-order valence-corrected chi connectivity index (χ4v) is 2.66. The number of aromatic nitrogens is 2. The van der Waals surface area contributed by atoms with Crippen molar-refractivity contribution in [3.8, 4) is 0 Å². The molecule has 0 aliphatic heterocycles. The Hall–Kier alpha value is -1.43. The predicted octanol–water partition coefficient (Wildman–Crippen LogP) is 1.03. The Balaban J connectivity index is 2.42. The monoisotopic (exact) mass is 224 g/mol. The van der Waals surface area contributed by atoms with Crippen LogP contribution in [-0.4, -0.2) is 21.2 Å². The summed E-state index contributed by atoms with van der Waals surface area (Å²) in [6, 6.07) is 0. The van der Waals surface area contributed by atoms with Gasteiger partial charge in [0.25, 0.3) is 0 Å². The Morgan fingerprint density at radius 3 is 2.75 bits per heavy atom. The van der Waals surface area contributed by atoms with Gasteiger partial charge in [-0.3, -0.25) is 14.8 Å². The number of nitro groups is 1. The Kier molecular flexibility index (Phi) is 2.27. The molecule has 6 heteroatoms. The van der Waals surface area contributed by atoms with E-state index < -0.39 is 0 Å². The van der Waals surface area contributed by atoms with Gasteiger partial charge in [0.2, 0.25) is 0 Å². The summed E-state index contributed by atoms with van der Waals surface area (Å²) in [5.74, 6) is 0.451. The Labute approximate surface area is 93.6 Å². The molecule has 16 heavy (non-hydrogen) atoms. The summed E-state index contributed by atoms with van der Waals surface area (Å²) in [6.07, 6.45) is 1.32. The number of hydrogen-bond donors (Lipinski definition) is 1. The second-order valence-corrected chi connectivity index (χ2v) is 4.94. The molecule has 6 nitrogen and oxygen atoms in total. The van der Waals surface area contributed by atoms with Crippen LogP contribution in [0.2, 0.25) is 0 Å². The summed E-state index contributed by atoms with van der Waals surface area (Å²) < 4.78 is 1.60. The van der Waals surface area contributed by atoms with Crippen molar-refractivity contribution in [1.82, 2.24) is 9.78 Å². The third-order valence-corrected chi connectivity index (χ3v) is 3.76. The van der Waals surface area contributed by atoms with Crippen molar-refractivity contribution < 1.29 is 4.92 Å². The lowest BCUT2D eigenvalue weighted by Gasteiger charge is -2.02. The molecule has 2 N–H and O–H groups in total. The minimum atomic E-state index is -0.371. The summed E-state index contributed by atoms with van der Waals surface area (Å²) in [4.78, 5) is 10.5. The molecule has 1 fully saturated rings. The van der Waals surface area contributed by atoms with Gasteiger partial charge >= 0.3 is 5.69 Å².